The molecule has 28 heavy (non-hydrogen) atoms. The lowest BCUT2D eigenvalue weighted by Crippen LogP contribution is -2.23. The minimum absolute atomic E-state index is 0.212. The van der Waals surface area contributed by atoms with Crippen molar-refractivity contribution >= 4 is 23.4 Å². The van der Waals surface area contributed by atoms with Gasteiger partial charge in [0.25, 0.3) is 5.91 Å². The topological polar surface area (TPSA) is 106 Å². The maximum absolute atomic E-state index is 12.3. The Labute approximate surface area is 162 Å². The summed E-state index contributed by atoms with van der Waals surface area (Å²) >= 11 is 0. The molecule has 0 fully saturated rings. The molecule has 7 heteroatoms. The lowest BCUT2D eigenvalue weighted by Gasteiger charge is -2.09. The summed E-state index contributed by atoms with van der Waals surface area (Å²) < 4.78 is 5.16. The largest absolute Gasteiger partial charge is 0.445 e. The molecule has 0 bridgehead atoms. The molecule has 2 aromatic carbocycles. The second-order valence-electron chi connectivity index (χ2n) is 6.03. The SMILES string of the molecule is Nc1cnccc1NC(=O)c1ccc(CNC(=O)OCc2ccccc2)cc1. The number of nitrogens with zero attached hydrogens (tertiary/aromatic N) is 1. The van der Waals surface area contributed by atoms with Crippen molar-refractivity contribution in [3.63, 3.8) is 0 Å². The van der Waals surface area contributed by atoms with Gasteiger partial charge >= 0.3 is 6.09 Å². The van der Waals surface area contributed by atoms with E-state index in [9.17, 15) is 9.59 Å². The molecule has 0 atom stereocenters. The molecule has 7 nitrogen and oxygen atoms in total. The monoisotopic (exact) mass is 376 g/mol. The number of benzene rings is 2. The average Bonchev–Trinajstić information content (AvgIpc) is 2.73. The lowest BCUT2D eigenvalue weighted by molar-refractivity contribution is 0.102. The Hall–Kier alpha value is -3.87. The molecule has 142 valence electrons. The van der Waals surface area contributed by atoms with Crippen molar-refractivity contribution in [2.75, 3.05) is 11.1 Å². The summed E-state index contributed by atoms with van der Waals surface area (Å²) in [5.41, 5.74) is 8.91. The van der Waals surface area contributed by atoms with Crippen LogP contribution in [-0.2, 0) is 17.9 Å². The lowest BCUT2D eigenvalue weighted by atomic mass is 10.1. The Morgan fingerprint density at radius 1 is 0.964 bits per heavy atom. The minimum Gasteiger partial charge on any atom is -0.445 e. The molecular weight excluding hydrogens is 356 g/mol. The maximum atomic E-state index is 12.3. The molecule has 4 N–H and O–H groups in total. The Kier molecular flexibility index (Phi) is 6.20. The van der Waals surface area contributed by atoms with Crippen molar-refractivity contribution < 1.29 is 14.3 Å². The van der Waals surface area contributed by atoms with Crippen LogP contribution in [0.3, 0.4) is 0 Å². The van der Waals surface area contributed by atoms with Crippen LogP contribution in [0.5, 0.6) is 0 Å². The zero-order chi connectivity index (χ0) is 19.8. The third-order valence-electron chi connectivity index (χ3n) is 3.97. The first kappa shape index (κ1) is 18.9. The first-order valence-corrected chi connectivity index (χ1v) is 8.66. The molecule has 0 unspecified atom stereocenters. The van der Waals surface area contributed by atoms with Gasteiger partial charge in [0, 0.05) is 18.3 Å². The molecule has 0 saturated heterocycles. The Balaban J connectivity index is 1.48. The third kappa shape index (κ3) is 5.31. The van der Waals surface area contributed by atoms with Crippen LogP contribution in [0.4, 0.5) is 16.2 Å². The number of hydrogen-bond acceptors (Lipinski definition) is 5. The van der Waals surface area contributed by atoms with E-state index in [0.29, 0.717) is 23.5 Å². The van der Waals surface area contributed by atoms with Crippen molar-refractivity contribution in [2.24, 2.45) is 0 Å². The van der Waals surface area contributed by atoms with E-state index >= 15 is 0 Å². The normalized spacial score (nSPS) is 10.1. The van der Waals surface area contributed by atoms with Gasteiger partial charge in [-0.3, -0.25) is 9.78 Å². The van der Waals surface area contributed by atoms with Crippen LogP contribution in [0.1, 0.15) is 21.5 Å². The second kappa shape index (κ2) is 9.18. The van der Waals surface area contributed by atoms with Gasteiger partial charge in [-0.1, -0.05) is 42.5 Å². The van der Waals surface area contributed by atoms with Crippen molar-refractivity contribution in [3.8, 4) is 0 Å². The first-order valence-electron chi connectivity index (χ1n) is 8.66. The number of anilines is 2. The van der Waals surface area contributed by atoms with Crippen LogP contribution >= 0.6 is 0 Å². The molecule has 3 rings (SSSR count). The van der Waals surface area contributed by atoms with E-state index in [1.54, 1.807) is 36.5 Å². The van der Waals surface area contributed by atoms with Gasteiger partial charge in [-0.05, 0) is 29.3 Å². The number of nitrogen functional groups attached to an aromatic ring is 1. The number of nitrogens with one attached hydrogen (secondary N) is 2. The number of alkyl carbamates (subject to hydrolysis) is 1. The van der Waals surface area contributed by atoms with E-state index in [0.717, 1.165) is 11.1 Å². The van der Waals surface area contributed by atoms with Gasteiger partial charge in [-0.2, -0.15) is 0 Å². The molecule has 0 aliphatic rings. The van der Waals surface area contributed by atoms with E-state index < -0.39 is 6.09 Å². The molecule has 0 radical (unpaired) electrons. The van der Waals surface area contributed by atoms with E-state index in [4.69, 9.17) is 10.5 Å². The highest BCUT2D eigenvalue weighted by Crippen LogP contribution is 2.16. The molecule has 0 saturated carbocycles. The Morgan fingerprint density at radius 2 is 1.71 bits per heavy atom. The van der Waals surface area contributed by atoms with Gasteiger partial charge < -0.3 is 21.1 Å². The number of nitrogens with two attached hydrogens (primary N) is 1. The average molecular weight is 376 g/mol. The van der Waals surface area contributed by atoms with Crippen LogP contribution in [0, 0.1) is 0 Å². The third-order valence-corrected chi connectivity index (χ3v) is 3.97. The van der Waals surface area contributed by atoms with Gasteiger partial charge in [-0.25, -0.2) is 4.79 Å². The molecular formula is C21H20N4O3. The number of aromatic nitrogens is 1. The number of ether oxygens (including phenoxy) is 1. The summed E-state index contributed by atoms with van der Waals surface area (Å²) in [6.45, 7) is 0.511. The highest BCUT2D eigenvalue weighted by molar-refractivity contribution is 6.05. The van der Waals surface area contributed by atoms with Crippen LogP contribution in [0.15, 0.2) is 73.1 Å². The summed E-state index contributed by atoms with van der Waals surface area (Å²) in [6, 6.07) is 18.0. The van der Waals surface area contributed by atoms with E-state index in [1.807, 2.05) is 30.3 Å². The predicted molar refractivity (Wildman–Crippen MR) is 107 cm³/mol. The van der Waals surface area contributed by atoms with Crippen LogP contribution in [0.25, 0.3) is 0 Å². The van der Waals surface area contributed by atoms with E-state index in [1.165, 1.54) is 6.20 Å². The number of carbonyl (C=O) groups excluding carboxylic acids is 2. The summed E-state index contributed by atoms with van der Waals surface area (Å²) in [6.07, 6.45) is 2.53. The second-order valence-corrected chi connectivity index (χ2v) is 6.03. The highest BCUT2D eigenvalue weighted by Gasteiger charge is 2.08. The fourth-order valence-corrected chi connectivity index (χ4v) is 2.44. The quantitative estimate of drug-likeness (QED) is 0.612. The fraction of sp³-hybridized carbons (Fsp3) is 0.0952. The maximum Gasteiger partial charge on any atom is 0.407 e. The van der Waals surface area contributed by atoms with Crippen LogP contribution in [-0.4, -0.2) is 17.0 Å². The fourth-order valence-electron chi connectivity index (χ4n) is 2.44. The van der Waals surface area contributed by atoms with Crippen molar-refractivity contribution in [3.05, 3.63) is 89.7 Å². The van der Waals surface area contributed by atoms with Crippen molar-refractivity contribution in [1.82, 2.24) is 10.3 Å². The van der Waals surface area contributed by atoms with Gasteiger partial charge in [0.05, 0.1) is 17.6 Å². The summed E-state index contributed by atoms with van der Waals surface area (Å²) in [7, 11) is 0. The van der Waals surface area contributed by atoms with Crippen molar-refractivity contribution in [1.29, 1.82) is 0 Å². The number of pyridine rings is 1. The highest BCUT2D eigenvalue weighted by atomic mass is 16.5. The Bertz CT molecular complexity index is 943. The van der Waals surface area contributed by atoms with Crippen LogP contribution in [0.2, 0.25) is 0 Å². The molecule has 0 aliphatic carbocycles. The minimum atomic E-state index is -0.501. The standard InChI is InChI=1S/C21H20N4O3/c22-18-13-23-11-10-19(18)25-20(26)17-8-6-15(7-9-17)12-24-21(27)28-14-16-4-2-1-3-5-16/h1-11,13H,12,14,22H2,(H,24,27)(H,23,25,26). The molecule has 0 spiro atoms. The van der Waals surface area contributed by atoms with Gasteiger partial charge in [0.2, 0.25) is 0 Å². The Morgan fingerprint density at radius 3 is 2.43 bits per heavy atom. The molecule has 1 aromatic heterocycles. The van der Waals surface area contributed by atoms with Crippen LogP contribution < -0.4 is 16.4 Å². The smallest absolute Gasteiger partial charge is 0.407 e. The van der Waals surface area contributed by atoms with Gasteiger partial charge in [0.1, 0.15) is 6.61 Å². The van der Waals surface area contributed by atoms with Gasteiger partial charge in [0.15, 0.2) is 0 Å². The number of hydrogen-bond donors (Lipinski definition) is 3. The van der Waals surface area contributed by atoms with Gasteiger partial charge in [-0.15, -0.1) is 0 Å². The molecule has 3 aromatic rings. The first-order chi connectivity index (χ1) is 13.6. The number of amides is 2. The molecule has 0 aliphatic heterocycles. The predicted octanol–water partition coefficient (Wildman–Crippen LogP) is 3.34. The number of rotatable bonds is 6. The summed E-state index contributed by atoms with van der Waals surface area (Å²) in [5.74, 6) is -0.278. The summed E-state index contributed by atoms with van der Waals surface area (Å²) in [4.78, 5) is 28.0. The van der Waals surface area contributed by atoms with E-state index in [-0.39, 0.29) is 12.5 Å². The zero-order valence-corrected chi connectivity index (χ0v) is 15.1. The molecule has 1 heterocycles. The summed E-state index contributed by atoms with van der Waals surface area (Å²) in [5, 5.41) is 5.41. The van der Waals surface area contributed by atoms with E-state index in [2.05, 4.69) is 15.6 Å². The van der Waals surface area contributed by atoms with Crippen molar-refractivity contribution in [2.45, 2.75) is 13.2 Å². The molecule has 2 amide bonds. The number of carbonyl (C=O) groups is 2. The zero-order valence-electron chi connectivity index (χ0n) is 15.1.